The van der Waals surface area contributed by atoms with E-state index in [1.54, 1.807) is 12.1 Å². The summed E-state index contributed by atoms with van der Waals surface area (Å²) < 4.78 is 12.7. The second-order valence-electron chi connectivity index (χ2n) is 5.14. The van der Waals surface area contributed by atoms with Crippen LogP contribution < -0.4 is 11.1 Å². The second kappa shape index (κ2) is 5.48. The minimum Gasteiger partial charge on any atom is -0.352 e. The van der Waals surface area contributed by atoms with Crippen molar-refractivity contribution < 1.29 is 9.18 Å². The van der Waals surface area contributed by atoms with Crippen LogP contribution in [-0.4, -0.2) is 12.5 Å². The summed E-state index contributed by atoms with van der Waals surface area (Å²) in [4.78, 5) is 11.8. The Kier molecular flexibility index (Phi) is 3.97. The molecule has 0 aromatic heterocycles. The summed E-state index contributed by atoms with van der Waals surface area (Å²) in [5.41, 5.74) is 6.66. The molecule has 2 rings (SSSR count). The normalized spacial score (nSPS) is 17.0. The monoisotopic (exact) mass is 250 g/mol. The molecule has 1 amide bonds. The molecular formula is C14H19FN2O. The molecule has 0 atom stereocenters. The fourth-order valence-corrected chi connectivity index (χ4v) is 2.34. The van der Waals surface area contributed by atoms with Crippen LogP contribution in [0.15, 0.2) is 24.3 Å². The predicted octanol–water partition coefficient (Wildman–Crippen LogP) is 1.96. The topological polar surface area (TPSA) is 55.1 Å². The number of carbonyl (C=O) groups excluding carboxylic acids is 1. The molecule has 0 bridgehead atoms. The number of nitrogens with one attached hydrogen (secondary N) is 1. The lowest BCUT2D eigenvalue weighted by atomic mass is 9.66. The molecule has 0 spiro atoms. The highest BCUT2D eigenvalue weighted by atomic mass is 19.1. The predicted molar refractivity (Wildman–Crippen MR) is 68.2 cm³/mol. The van der Waals surface area contributed by atoms with E-state index in [2.05, 4.69) is 5.32 Å². The molecule has 4 heteroatoms. The molecule has 1 saturated carbocycles. The molecule has 0 unspecified atom stereocenters. The Hall–Kier alpha value is -1.42. The third kappa shape index (κ3) is 3.07. The van der Waals surface area contributed by atoms with Gasteiger partial charge in [-0.3, -0.25) is 4.79 Å². The van der Waals surface area contributed by atoms with Gasteiger partial charge in [-0.1, -0.05) is 18.6 Å². The number of benzene rings is 1. The van der Waals surface area contributed by atoms with E-state index in [9.17, 15) is 9.18 Å². The number of halogens is 1. The summed E-state index contributed by atoms with van der Waals surface area (Å²) in [5, 5.41) is 2.86. The SMILES string of the molecule is NCC1(CC(=O)NCc2ccc(F)cc2)CCC1. The van der Waals surface area contributed by atoms with Gasteiger partial charge in [-0.2, -0.15) is 0 Å². The van der Waals surface area contributed by atoms with Crippen molar-refractivity contribution in [2.24, 2.45) is 11.1 Å². The molecule has 18 heavy (non-hydrogen) atoms. The quantitative estimate of drug-likeness (QED) is 0.839. The molecule has 3 nitrogen and oxygen atoms in total. The summed E-state index contributed by atoms with van der Waals surface area (Å²) in [5.74, 6) is -0.230. The highest BCUT2D eigenvalue weighted by Crippen LogP contribution is 2.42. The summed E-state index contributed by atoms with van der Waals surface area (Å²) in [6.07, 6.45) is 3.77. The van der Waals surface area contributed by atoms with E-state index in [1.807, 2.05) is 0 Å². The Morgan fingerprint density at radius 2 is 2.00 bits per heavy atom. The van der Waals surface area contributed by atoms with E-state index in [1.165, 1.54) is 18.6 Å². The van der Waals surface area contributed by atoms with Gasteiger partial charge in [0, 0.05) is 13.0 Å². The van der Waals surface area contributed by atoms with Crippen molar-refractivity contribution in [2.45, 2.75) is 32.2 Å². The van der Waals surface area contributed by atoms with Gasteiger partial charge in [0.1, 0.15) is 5.82 Å². The first-order chi connectivity index (χ1) is 8.63. The van der Waals surface area contributed by atoms with Gasteiger partial charge >= 0.3 is 0 Å². The molecule has 0 saturated heterocycles. The molecule has 1 fully saturated rings. The second-order valence-corrected chi connectivity index (χ2v) is 5.14. The average Bonchev–Trinajstić information content (AvgIpc) is 2.33. The number of carbonyl (C=O) groups is 1. The van der Waals surface area contributed by atoms with Crippen molar-refractivity contribution in [1.82, 2.24) is 5.32 Å². The molecule has 1 aliphatic carbocycles. The van der Waals surface area contributed by atoms with E-state index in [0.717, 1.165) is 18.4 Å². The minimum absolute atomic E-state index is 0.0319. The fraction of sp³-hybridized carbons (Fsp3) is 0.500. The molecule has 1 aromatic carbocycles. The number of hydrogen-bond acceptors (Lipinski definition) is 2. The Balaban J connectivity index is 1.79. The van der Waals surface area contributed by atoms with Gasteiger partial charge in [-0.25, -0.2) is 4.39 Å². The number of nitrogens with two attached hydrogens (primary N) is 1. The van der Waals surface area contributed by atoms with Crippen molar-refractivity contribution >= 4 is 5.91 Å². The van der Waals surface area contributed by atoms with Crippen LogP contribution in [-0.2, 0) is 11.3 Å². The molecule has 1 aliphatic rings. The third-order valence-electron chi connectivity index (χ3n) is 3.79. The van der Waals surface area contributed by atoms with Crippen molar-refractivity contribution in [2.75, 3.05) is 6.54 Å². The van der Waals surface area contributed by atoms with Crippen LogP contribution in [0, 0.1) is 11.2 Å². The van der Waals surface area contributed by atoms with Gasteiger partial charge in [-0.15, -0.1) is 0 Å². The smallest absolute Gasteiger partial charge is 0.220 e. The zero-order valence-corrected chi connectivity index (χ0v) is 10.4. The molecule has 98 valence electrons. The van der Waals surface area contributed by atoms with Gasteiger partial charge in [0.25, 0.3) is 0 Å². The first kappa shape index (κ1) is 13.0. The molecule has 1 aromatic rings. The van der Waals surface area contributed by atoms with Crippen LogP contribution in [0.5, 0.6) is 0 Å². The van der Waals surface area contributed by atoms with E-state index in [0.29, 0.717) is 19.5 Å². The van der Waals surface area contributed by atoms with Crippen molar-refractivity contribution in [3.63, 3.8) is 0 Å². The summed E-state index contributed by atoms with van der Waals surface area (Å²) in [6, 6.07) is 6.15. The van der Waals surface area contributed by atoms with Gasteiger partial charge in [0.05, 0.1) is 0 Å². The zero-order chi connectivity index (χ0) is 13.0. The third-order valence-corrected chi connectivity index (χ3v) is 3.79. The summed E-state index contributed by atoms with van der Waals surface area (Å²) in [6.45, 7) is 1.02. The largest absolute Gasteiger partial charge is 0.352 e. The van der Waals surface area contributed by atoms with Gasteiger partial charge in [-0.05, 0) is 42.5 Å². The molecule has 0 aliphatic heterocycles. The van der Waals surface area contributed by atoms with E-state index in [4.69, 9.17) is 5.73 Å². The lowest BCUT2D eigenvalue weighted by Gasteiger charge is -2.40. The first-order valence-electron chi connectivity index (χ1n) is 6.35. The first-order valence-corrected chi connectivity index (χ1v) is 6.35. The zero-order valence-electron chi connectivity index (χ0n) is 10.4. The highest BCUT2D eigenvalue weighted by Gasteiger charge is 2.37. The fourth-order valence-electron chi connectivity index (χ4n) is 2.34. The van der Waals surface area contributed by atoms with Gasteiger partial charge in [0.15, 0.2) is 0 Å². The van der Waals surface area contributed by atoms with Crippen LogP contribution in [0.25, 0.3) is 0 Å². The summed E-state index contributed by atoms with van der Waals surface area (Å²) >= 11 is 0. The minimum atomic E-state index is -0.262. The summed E-state index contributed by atoms with van der Waals surface area (Å²) in [7, 11) is 0. The van der Waals surface area contributed by atoms with E-state index < -0.39 is 0 Å². The van der Waals surface area contributed by atoms with Crippen LogP contribution >= 0.6 is 0 Å². The van der Waals surface area contributed by atoms with Crippen LogP contribution in [0.3, 0.4) is 0 Å². The van der Waals surface area contributed by atoms with Crippen molar-refractivity contribution in [3.05, 3.63) is 35.6 Å². The Labute approximate surface area is 107 Å². The number of rotatable bonds is 5. The van der Waals surface area contributed by atoms with Crippen LogP contribution in [0.4, 0.5) is 4.39 Å². The Bertz CT molecular complexity index is 407. The van der Waals surface area contributed by atoms with Crippen LogP contribution in [0.1, 0.15) is 31.2 Å². The van der Waals surface area contributed by atoms with Crippen molar-refractivity contribution in [3.8, 4) is 0 Å². The number of hydrogen-bond donors (Lipinski definition) is 2. The molecule has 3 N–H and O–H groups in total. The highest BCUT2D eigenvalue weighted by molar-refractivity contribution is 5.76. The lowest BCUT2D eigenvalue weighted by molar-refractivity contribution is -0.124. The Morgan fingerprint density at radius 1 is 1.33 bits per heavy atom. The maximum atomic E-state index is 12.7. The van der Waals surface area contributed by atoms with Gasteiger partial charge in [0.2, 0.25) is 5.91 Å². The Morgan fingerprint density at radius 3 is 2.50 bits per heavy atom. The van der Waals surface area contributed by atoms with E-state index >= 15 is 0 Å². The van der Waals surface area contributed by atoms with Crippen molar-refractivity contribution in [1.29, 1.82) is 0 Å². The standard InChI is InChI=1S/C14H19FN2O/c15-12-4-2-11(3-5-12)9-17-13(18)8-14(10-16)6-1-7-14/h2-5H,1,6-10,16H2,(H,17,18). The molecule has 0 heterocycles. The van der Waals surface area contributed by atoms with Crippen LogP contribution in [0.2, 0.25) is 0 Å². The van der Waals surface area contributed by atoms with Gasteiger partial charge < -0.3 is 11.1 Å². The molecule has 0 radical (unpaired) electrons. The maximum absolute atomic E-state index is 12.7. The average molecular weight is 250 g/mol. The lowest BCUT2D eigenvalue weighted by Crippen LogP contribution is -2.41. The number of amides is 1. The van der Waals surface area contributed by atoms with E-state index in [-0.39, 0.29) is 17.1 Å². The molecular weight excluding hydrogens is 231 g/mol. The maximum Gasteiger partial charge on any atom is 0.220 e.